The van der Waals surface area contributed by atoms with Gasteiger partial charge < -0.3 is 5.11 Å². The lowest BCUT2D eigenvalue weighted by molar-refractivity contribution is 0.00842. The molecule has 114 valence electrons. The van der Waals surface area contributed by atoms with Crippen LogP contribution in [-0.4, -0.2) is 5.11 Å². The molecule has 0 aliphatic heterocycles. The normalized spacial score (nSPS) is 27.9. The molecule has 2 nitrogen and oxygen atoms in total. The molecule has 0 radical (unpaired) electrons. The van der Waals surface area contributed by atoms with Crippen molar-refractivity contribution in [3.05, 3.63) is 34.9 Å². The quantitative estimate of drug-likeness (QED) is 0.824. The minimum Gasteiger partial charge on any atom is -0.387 e. The van der Waals surface area contributed by atoms with Gasteiger partial charge >= 0.3 is 0 Å². The molecule has 1 saturated carbocycles. The summed E-state index contributed by atoms with van der Waals surface area (Å²) >= 11 is 5.89. The Balaban J connectivity index is 2.17. The molecule has 2 rings (SSSR count). The van der Waals surface area contributed by atoms with E-state index in [9.17, 15) is 10.4 Å². The van der Waals surface area contributed by atoms with Crippen LogP contribution in [0.4, 0.5) is 0 Å². The molecular weight excluding hydrogens is 282 g/mol. The van der Waals surface area contributed by atoms with Crippen LogP contribution in [0, 0.1) is 28.1 Å². The third-order valence-electron chi connectivity index (χ3n) is 5.03. The monoisotopic (exact) mass is 305 g/mol. The standard InChI is InChI=1S/C18H24ClNO/c1-17(2,3)14-8-10-18(12-20,11-9-14)16(21)13-4-6-15(19)7-5-13/h4-7,14,16,21H,8-11H2,1-3H3. The Morgan fingerprint density at radius 1 is 1.24 bits per heavy atom. The molecular formula is C18H24ClNO. The lowest BCUT2D eigenvalue weighted by Crippen LogP contribution is -2.36. The Bertz CT molecular complexity index is 516. The molecule has 1 aliphatic rings. The van der Waals surface area contributed by atoms with Crippen LogP contribution in [0.1, 0.15) is 58.1 Å². The number of nitriles is 1. The van der Waals surface area contributed by atoms with Crippen molar-refractivity contribution in [3.63, 3.8) is 0 Å². The van der Waals surface area contributed by atoms with Crippen LogP contribution in [0.5, 0.6) is 0 Å². The number of hydrogen-bond donors (Lipinski definition) is 1. The third-order valence-corrected chi connectivity index (χ3v) is 5.29. The third kappa shape index (κ3) is 3.42. The first kappa shape index (κ1) is 16.3. The molecule has 0 heterocycles. The van der Waals surface area contributed by atoms with Gasteiger partial charge in [0.15, 0.2) is 0 Å². The van der Waals surface area contributed by atoms with Crippen LogP contribution < -0.4 is 0 Å². The van der Waals surface area contributed by atoms with Gasteiger partial charge in [-0.2, -0.15) is 5.26 Å². The van der Waals surface area contributed by atoms with E-state index < -0.39 is 11.5 Å². The highest BCUT2D eigenvalue weighted by Gasteiger charge is 2.44. The number of benzene rings is 1. The summed E-state index contributed by atoms with van der Waals surface area (Å²) in [4.78, 5) is 0. The van der Waals surface area contributed by atoms with E-state index in [1.807, 2.05) is 12.1 Å². The van der Waals surface area contributed by atoms with E-state index in [0.717, 1.165) is 31.2 Å². The van der Waals surface area contributed by atoms with Crippen LogP contribution in [0.25, 0.3) is 0 Å². The fourth-order valence-corrected chi connectivity index (χ4v) is 3.54. The molecule has 0 aromatic heterocycles. The first-order chi connectivity index (χ1) is 9.78. The number of halogens is 1. The maximum Gasteiger partial charge on any atom is 0.0976 e. The van der Waals surface area contributed by atoms with Gasteiger partial charge in [0.25, 0.3) is 0 Å². The van der Waals surface area contributed by atoms with Gasteiger partial charge in [-0.25, -0.2) is 0 Å². The highest BCUT2D eigenvalue weighted by molar-refractivity contribution is 6.30. The summed E-state index contributed by atoms with van der Waals surface area (Å²) in [6.45, 7) is 6.77. The Labute approximate surface area is 132 Å². The summed E-state index contributed by atoms with van der Waals surface area (Å²) in [5, 5.41) is 21.0. The molecule has 0 saturated heterocycles. The minimum absolute atomic E-state index is 0.271. The van der Waals surface area contributed by atoms with Gasteiger partial charge in [-0.05, 0) is 54.7 Å². The predicted octanol–water partition coefficient (Wildman–Crippen LogP) is 5.12. The predicted molar refractivity (Wildman–Crippen MR) is 85.9 cm³/mol. The van der Waals surface area contributed by atoms with Gasteiger partial charge in [-0.3, -0.25) is 0 Å². The summed E-state index contributed by atoms with van der Waals surface area (Å²) < 4.78 is 0. The van der Waals surface area contributed by atoms with Crippen LogP contribution in [-0.2, 0) is 0 Å². The fourth-order valence-electron chi connectivity index (χ4n) is 3.41. The first-order valence-corrected chi connectivity index (χ1v) is 8.01. The average molecular weight is 306 g/mol. The zero-order valence-corrected chi connectivity index (χ0v) is 13.8. The van der Waals surface area contributed by atoms with Crippen molar-refractivity contribution in [2.45, 2.75) is 52.6 Å². The van der Waals surface area contributed by atoms with E-state index in [1.54, 1.807) is 12.1 Å². The van der Waals surface area contributed by atoms with Gasteiger partial charge in [0.05, 0.1) is 17.6 Å². The molecule has 1 aliphatic carbocycles. The Morgan fingerprint density at radius 3 is 2.19 bits per heavy atom. The van der Waals surface area contributed by atoms with E-state index in [2.05, 4.69) is 26.8 Å². The summed E-state index contributed by atoms with van der Waals surface area (Å²) in [6.07, 6.45) is 2.79. The van der Waals surface area contributed by atoms with Gasteiger partial charge in [0.2, 0.25) is 0 Å². The molecule has 1 N–H and O–H groups in total. The summed E-state index contributed by atoms with van der Waals surface area (Å²) in [5.41, 5.74) is 0.401. The van der Waals surface area contributed by atoms with Crippen molar-refractivity contribution in [1.82, 2.24) is 0 Å². The smallest absolute Gasteiger partial charge is 0.0976 e. The van der Waals surface area contributed by atoms with Crippen molar-refractivity contribution in [2.75, 3.05) is 0 Å². The van der Waals surface area contributed by atoms with Gasteiger partial charge in [-0.15, -0.1) is 0 Å². The van der Waals surface area contributed by atoms with Gasteiger partial charge in [-0.1, -0.05) is 44.5 Å². The summed E-state index contributed by atoms with van der Waals surface area (Å²) in [6, 6.07) is 9.60. The second kappa shape index (κ2) is 5.99. The fraction of sp³-hybridized carbons (Fsp3) is 0.611. The molecule has 0 bridgehead atoms. The number of hydrogen-bond acceptors (Lipinski definition) is 2. The van der Waals surface area contributed by atoms with Crippen molar-refractivity contribution in [2.24, 2.45) is 16.7 Å². The molecule has 0 spiro atoms. The average Bonchev–Trinajstić information content (AvgIpc) is 2.46. The van der Waals surface area contributed by atoms with Crippen LogP contribution in [0.15, 0.2) is 24.3 Å². The minimum atomic E-state index is -0.735. The molecule has 1 unspecified atom stereocenters. The molecule has 3 heteroatoms. The first-order valence-electron chi connectivity index (χ1n) is 7.63. The van der Waals surface area contributed by atoms with Crippen molar-refractivity contribution in [3.8, 4) is 6.07 Å². The number of aliphatic hydroxyl groups is 1. The van der Waals surface area contributed by atoms with E-state index in [4.69, 9.17) is 11.6 Å². The zero-order chi connectivity index (χ0) is 15.7. The Morgan fingerprint density at radius 2 is 1.76 bits per heavy atom. The van der Waals surface area contributed by atoms with Gasteiger partial charge in [0, 0.05) is 5.02 Å². The highest BCUT2D eigenvalue weighted by Crippen LogP contribution is 2.50. The Kier molecular flexibility index (Phi) is 4.66. The van der Waals surface area contributed by atoms with E-state index in [1.165, 1.54) is 0 Å². The lowest BCUT2D eigenvalue weighted by Gasteiger charge is -2.42. The van der Waals surface area contributed by atoms with Crippen molar-refractivity contribution in [1.29, 1.82) is 5.26 Å². The second-order valence-electron chi connectivity index (χ2n) is 7.36. The van der Waals surface area contributed by atoms with Crippen molar-refractivity contribution < 1.29 is 5.11 Å². The van der Waals surface area contributed by atoms with Gasteiger partial charge in [0.1, 0.15) is 0 Å². The number of rotatable bonds is 2. The maximum absolute atomic E-state index is 10.7. The number of aliphatic hydroxyl groups excluding tert-OH is 1. The molecule has 0 amide bonds. The summed E-state index contributed by atoms with van der Waals surface area (Å²) in [5.74, 6) is 0.622. The topological polar surface area (TPSA) is 44.0 Å². The largest absolute Gasteiger partial charge is 0.387 e. The van der Waals surface area contributed by atoms with E-state index in [0.29, 0.717) is 10.9 Å². The molecule has 21 heavy (non-hydrogen) atoms. The van der Waals surface area contributed by atoms with E-state index >= 15 is 0 Å². The zero-order valence-electron chi connectivity index (χ0n) is 13.1. The highest BCUT2D eigenvalue weighted by atomic mass is 35.5. The SMILES string of the molecule is CC(C)(C)C1CCC(C#N)(C(O)c2ccc(Cl)cc2)CC1. The van der Waals surface area contributed by atoms with Crippen LogP contribution in [0.2, 0.25) is 5.02 Å². The van der Waals surface area contributed by atoms with Crippen molar-refractivity contribution >= 4 is 11.6 Å². The van der Waals surface area contributed by atoms with Crippen LogP contribution >= 0.6 is 11.6 Å². The lowest BCUT2D eigenvalue weighted by atomic mass is 9.62. The molecule has 1 aromatic rings. The second-order valence-corrected chi connectivity index (χ2v) is 7.80. The molecule has 1 fully saturated rings. The maximum atomic E-state index is 10.7. The molecule has 1 aromatic carbocycles. The van der Waals surface area contributed by atoms with E-state index in [-0.39, 0.29) is 5.41 Å². The number of nitrogens with zero attached hydrogens (tertiary/aromatic N) is 1. The molecule has 1 atom stereocenters. The summed E-state index contributed by atoms with van der Waals surface area (Å²) in [7, 11) is 0. The Hall–Kier alpha value is -1.04. The van der Waals surface area contributed by atoms with Crippen LogP contribution in [0.3, 0.4) is 0 Å².